The number of sulfonamides is 1. The zero-order chi connectivity index (χ0) is 19.8. The third kappa shape index (κ3) is 4.45. The summed E-state index contributed by atoms with van der Waals surface area (Å²) in [6.45, 7) is 6.74. The van der Waals surface area contributed by atoms with Crippen LogP contribution in [0.1, 0.15) is 29.5 Å². The molecule has 0 radical (unpaired) electrons. The Hall–Kier alpha value is -1.22. The molecule has 0 saturated carbocycles. The Kier molecular flexibility index (Phi) is 6.10. The Morgan fingerprint density at radius 2 is 1.74 bits per heavy atom. The fourth-order valence-corrected chi connectivity index (χ4v) is 7.16. The van der Waals surface area contributed by atoms with Crippen molar-refractivity contribution >= 4 is 48.9 Å². The van der Waals surface area contributed by atoms with Gasteiger partial charge in [-0.15, -0.1) is 11.3 Å². The fourth-order valence-electron chi connectivity index (χ4n) is 3.52. The number of rotatable bonds is 4. The van der Waals surface area contributed by atoms with Gasteiger partial charge in [0.1, 0.15) is 4.21 Å². The average molecular weight is 471 g/mol. The van der Waals surface area contributed by atoms with E-state index in [-0.39, 0.29) is 11.8 Å². The SMILES string of the molecule is Cc1cc(C)c(NC(=O)C2CCN(S(=O)(=O)c3ccc(Br)s3)CC2)c(C)c1. The van der Waals surface area contributed by atoms with Gasteiger partial charge in [-0.2, -0.15) is 4.31 Å². The number of piperidine rings is 1. The Bertz CT molecular complexity index is 938. The van der Waals surface area contributed by atoms with Gasteiger partial charge in [0, 0.05) is 24.7 Å². The molecular weight excluding hydrogens is 448 g/mol. The van der Waals surface area contributed by atoms with Crippen molar-refractivity contribution in [1.29, 1.82) is 0 Å². The lowest BCUT2D eigenvalue weighted by atomic mass is 9.96. The van der Waals surface area contributed by atoms with Gasteiger partial charge in [0.15, 0.2) is 0 Å². The molecule has 1 aromatic carbocycles. The molecule has 1 amide bonds. The highest BCUT2D eigenvalue weighted by Crippen LogP contribution is 2.31. The molecule has 2 heterocycles. The maximum atomic E-state index is 12.7. The van der Waals surface area contributed by atoms with Crippen LogP contribution in [-0.4, -0.2) is 31.7 Å². The van der Waals surface area contributed by atoms with Gasteiger partial charge in [-0.1, -0.05) is 17.7 Å². The number of carbonyl (C=O) groups excluding carboxylic acids is 1. The third-order valence-corrected chi connectivity index (χ3v) is 8.88. The van der Waals surface area contributed by atoms with Gasteiger partial charge in [-0.25, -0.2) is 8.42 Å². The molecule has 1 aliphatic heterocycles. The van der Waals surface area contributed by atoms with Gasteiger partial charge in [-0.3, -0.25) is 4.79 Å². The van der Waals surface area contributed by atoms with Crippen LogP contribution in [-0.2, 0) is 14.8 Å². The highest BCUT2D eigenvalue weighted by molar-refractivity contribution is 9.11. The first-order valence-electron chi connectivity index (χ1n) is 8.82. The Balaban J connectivity index is 1.65. The average Bonchev–Trinajstić information content (AvgIpc) is 3.05. The van der Waals surface area contributed by atoms with Crippen molar-refractivity contribution in [1.82, 2.24) is 4.31 Å². The minimum absolute atomic E-state index is 0.0269. The normalized spacial score (nSPS) is 16.4. The lowest BCUT2D eigenvalue weighted by Gasteiger charge is -2.30. The number of hydrogen-bond donors (Lipinski definition) is 1. The Morgan fingerprint density at radius 3 is 2.26 bits per heavy atom. The molecule has 0 unspecified atom stereocenters. The molecule has 146 valence electrons. The van der Waals surface area contributed by atoms with Crippen LogP contribution in [0, 0.1) is 26.7 Å². The summed E-state index contributed by atoms with van der Waals surface area (Å²) in [6.07, 6.45) is 1.06. The molecule has 0 spiro atoms. The maximum absolute atomic E-state index is 12.7. The van der Waals surface area contributed by atoms with Crippen LogP contribution in [0.2, 0.25) is 0 Å². The molecule has 1 saturated heterocycles. The summed E-state index contributed by atoms with van der Waals surface area (Å²) in [4.78, 5) is 12.7. The van der Waals surface area contributed by atoms with E-state index in [1.165, 1.54) is 21.2 Å². The monoisotopic (exact) mass is 470 g/mol. The van der Waals surface area contributed by atoms with Crippen molar-refractivity contribution < 1.29 is 13.2 Å². The number of nitrogens with one attached hydrogen (secondary N) is 1. The van der Waals surface area contributed by atoms with Crippen LogP contribution < -0.4 is 5.32 Å². The first-order chi connectivity index (χ1) is 12.7. The molecule has 0 aliphatic carbocycles. The highest BCUT2D eigenvalue weighted by Gasteiger charge is 2.33. The van der Waals surface area contributed by atoms with Crippen molar-refractivity contribution in [2.75, 3.05) is 18.4 Å². The number of anilines is 1. The van der Waals surface area contributed by atoms with Crippen LogP contribution in [0.4, 0.5) is 5.69 Å². The molecule has 1 aliphatic rings. The molecule has 0 atom stereocenters. The van der Waals surface area contributed by atoms with Crippen molar-refractivity contribution in [3.63, 3.8) is 0 Å². The van der Waals surface area contributed by atoms with Crippen LogP contribution >= 0.6 is 27.3 Å². The largest absolute Gasteiger partial charge is 0.325 e. The van der Waals surface area contributed by atoms with E-state index in [1.807, 2.05) is 20.8 Å². The molecule has 0 bridgehead atoms. The predicted octanol–water partition coefficient (Wildman–Crippen LogP) is 4.48. The second kappa shape index (κ2) is 8.03. The molecular formula is C19H23BrN2O3S2. The lowest BCUT2D eigenvalue weighted by Crippen LogP contribution is -2.41. The third-order valence-electron chi connectivity index (χ3n) is 4.89. The molecule has 3 rings (SSSR count). The standard InChI is InChI=1S/C19H23BrN2O3S2/c1-12-10-13(2)18(14(3)11-12)21-19(23)15-6-8-22(9-7-15)27(24,25)17-5-4-16(20)26-17/h4-5,10-11,15H,6-9H2,1-3H3,(H,21,23). The van der Waals surface area contributed by atoms with Crippen molar-refractivity contribution in [2.24, 2.45) is 5.92 Å². The van der Waals surface area contributed by atoms with E-state index in [9.17, 15) is 13.2 Å². The van der Waals surface area contributed by atoms with Gasteiger partial charge in [0.25, 0.3) is 10.0 Å². The van der Waals surface area contributed by atoms with Crippen LogP contribution in [0.5, 0.6) is 0 Å². The summed E-state index contributed by atoms with van der Waals surface area (Å²) in [5.41, 5.74) is 4.12. The fraction of sp³-hybridized carbons (Fsp3) is 0.421. The minimum Gasteiger partial charge on any atom is -0.325 e. The number of hydrogen-bond acceptors (Lipinski definition) is 4. The van der Waals surface area contributed by atoms with Crippen LogP contribution in [0.25, 0.3) is 0 Å². The first kappa shape index (κ1) is 20.5. The van der Waals surface area contributed by atoms with Gasteiger partial charge in [-0.05, 0) is 72.8 Å². The smallest absolute Gasteiger partial charge is 0.252 e. The molecule has 2 aromatic rings. The Morgan fingerprint density at radius 1 is 1.15 bits per heavy atom. The topological polar surface area (TPSA) is 66.5 Å². The van der Waals surface area contributed by atoms with E-state index in [2.05, 4.69) is 33.4 Å². The van der Waals surface area contributed by atoms with Gasteiger partial charge in [0.05, 0.1) is 3.79 Å². The van der Waals surface area contributed by atoms with E-state index in [0.29, 0.717) is 30.1 Å². The number of carbonyl (C=O) groups is 1. The number of nitrogens with zero attached hydrogens (tertiary/aromatic N) is 1. The summed E-state index contributed by atoms with van der Waals surface area (Å²) < 4.78 is 28.0. The van der Waals surface area contributed by atoms with Crippen molar-refractivity contribution in [2.45, 2.75) is 37.8 Å². The predicted molar refractivity (Wildman–Crippen MR) is 113 cm³/mol. The summed E-state index contributed by atoms with van der Waals surface area (Å²) in [5.74, 6) is -0.201. The molecule has 1 aromatic heterocycles. The number of benzene rings is 1. The minimum atomic E-state index is -3.48. The van der Waals surface area contributed by atoms with Gasteiger partial charge < -0.3 is 5.32 Å². The number of amides is 1. The second-order valence-corrected chi connectivity index (χ2v) is 11.6. The van der Waals surface area contributed by atoms with Crippen LogP contribution in [0.3, 0.4) is 0 Å². The number of thiophene rings is 1. The van der Waals surface area contributed by atoms with Gasteiger partial charge in [0.2, 0.25) is 5.91 Å². The van der Waals surface area contributed by atoms with E-state index >= 15 is 0 Å². The molecule has 1 N–H and O–H groups in total. The Labute approximate surface area is 173 Å². The second-order valence-electron chi connectivity index (χ2n) is 7.00. The summed E-state index contributed by atoms with van der Waals surface area (Å²) in [7, 11) is -3.48. The lowest BCUT2D eigenvalue weighted by molar-refractivity contribution is -0.120. The molecule has 8 heteroatoms. The number of aryl methyl sites for hydroxylation is 3. The van der Waals surface area contributed by atoms with E-state index in [0.717, 1.165) is 20.6 Å². The molecule has 1 fully saturated rings. The molecule has 5 nitrogen and oxygen atoms in total. The van der Waals surface area contributed by atoms with Crippen molar-refractivity contribution in [3.8, 4) is 0 Å². The quantitative estimate of drug-likeness (QED) is 0.716. The summed E-state index contributed by atoms with van der Waals surface area (Å²) >= 11 is 4.52. The zero-order valence-corrected chi connectivity index (χ0v) is 18.8. The van der Waals surface area contributed by atoms with E-state index in [1.54, 1.807) is 12.1 Å². The summed E-state index contributed by atoms with van der Waals surface area (Å²) in [5, 5.41) is 3.05. The molecule has 27 heavy (non-hydrogen) atoms. The highest BCUT2D eigenvalue weighted by atomic mass is 79.9. The van der Waals surface area contributed by atoms with E-state index < -0.39 is 10.0 Å². The van der Waals surface area contributed by atoms with Crippen molar-refractivity contribution in [3.05, 3.63) is 44.7 Å². The maximum Gasteiger partial charge on any atom is 0.252 e. The van der Waals surface area contributed by atoms with Gasteiger partial charge >= 0.3 is 0 Å². The first-order valence-corrected chi connectivity index (χ1v) is 11.9. The summed E-state index contributed by atoms with van der Waals surface area (Å²) in [6, 6.07) is 7.46. The zero-order valence-electron chi connectivity index (χ0n) is 15.6. The van der Waals surface area contributed by atoms with Crippen LogP contribution in [0.15, 0.2) is 32.3 Å². The van der Waals surface area contributed by atoms with E-state index in [4.69, 9.17) is 0 Å². The number of halogens is 1.